The van der Waals surface area contributed by atoms with Crippen molar-refractivity contribution >= 4 is 0 Å². The molecular formula is C12H19NO2. The standard InChI is InChI=1S/C12H19NO2/c1-3-9(2)10-4-6-11(7-5-10)12(14)8-15-13/h4-7,9,12,14H,3,8,13H2,1-2H3. The van der Waals surface area contributed by atoms with E-state index in [0.29, 0.717) is 5.92 Å². The molecule has 1 rings (SSSR count). The molecule has 0 spiro atoms. The molecule has 2 unspecified atom stereocenters. The van der Waals surface area contributed by atoms with Crippen LogP contribution in [0.3, 0.4) is 0 Å². The predicted molar refractivity (Wildman–Crippen MR) is 60.2 cm³/mol. The van der Waals surface area contributed by atoms with Gasteiger partial charge in [0, 0.05) is 0 Å². The zero-order chi connectivity index (χ0) is 11.3. The molecule has 0 saturated carbocycles. The van der Waals surface area contributed by atoms with E-state index in [1.54, 1.807) is 0 Å². The zero-order valence-electron chi connectivity index (χ0n) is 9.31. The minimum atomic E-state index is -0.638. The molecule has 0 aliphatic rings. The van der Waals surface area contributed by atoms with Gasteiger partial charge in [-0.2, -0.15) is 0 Å². The maximum absolute atomic E-state index is 9.60. The Hall–Kier alpha value is -0.900. The van der Waals surface area contributed by atoms with Gasteiger partial charge in [0.15, 0.2) is 0 Å². The molecule has 1 aromatic rings. The van der Waals surface area contributed by atoms with Gasteiger partial charge in [-0.1, -0.05) is 38.1 Å². The van der Waals surface area contributed by atoms with Crippen molar-refractivity contribution in [1.29, 1.82) is 0 Å². The van der Waals surface area contributed by atoms with Crippen LogP contribution in [0.5, 0.6) is 0 Å². The Morgan fingerprint density at radius 2 is 1.80 bits per heavy atom. The van der Waals surface area contributed by atoms with E-state index in [0.717, 1.165) is 12.0 Å². The van der Waals surface area contributed by atoms with Crippen LogP contribution in [0.2, 0.25) is 0 Å². The molecule has 0 fully saturated rings. The molecule has 0 aliphatic carbocycles. The van der Waals surface area contributed by atoms with E-state index in [2.05, 4.69) is 18.7 Å². The van der Waals surface area contributed by atoms with E-state index in [1.165, 1.54) is 5.56 Å². The van der Waals surface area contributed by atoms with Crippen molar-refractivity contribution in [3.8, 4) is 0 Å². The third-order valence-corrected chi connectivity index (χ3v) is 2.76. The van der Waals surface area contributed by atoms with Gasteiger partial charge in [0.25, 0.3) is 0 Å². The lowest BCUT2D eigenvalue weighted by Crippen LogP contribution is -2.10. The average molecular weight is 209 g/mol. The molecule has 0 bridgehead atoms. The van der Waals surface area contributed by atoms with Gasteiger partial charge in [-0.3, -0.25) is 0 Å². The molecule has 3 N–H and O–H groups in total. The molecule has 1 aromatic carbocycles. The van der Waals surface area contributed by atoms with E-state index in [4.69, 9.17) is 5.90 Å². The number of hydrogen-bond donors (Lipinski definition) is 2. The van der Waals surface area contributed by atoms with Crippen LogP contribution in [0.1, 0.15) is 43.4 Å². The minimum absolute atomic E-state index is 0.128. The molecule has 0 radical (unpaired) electrons. The fraction of sp³-hybridized carbons (Fsp3) is 0.500. The molecule has 84 valence electrons. The molecule has 0 aliphatic heterocycles. The summed E-state index contributed by atoms with van der Waals surface area (Å²) in [5.41, 5.74) is 2.13. The Bertz CT molecular complexity index is 284. The lowest BCUT2D eigenvalue weighted by Gasteiger charge is -2.12. The Labute approximate surface area is 90.8 Å². The monoisotopic (exact) mass is 209 g/mol. The first-order chi connectivity index (χ1) is 7.19. The van der Waals surface area contributed by atoms with Crippen LogP contribution in [-0.4, -0.2) is 11.7 Å². The summed E-state index contributed by atoms with van der Waals surface area (Å²) in [5.74, 6) is 5.46. The first kappa shape index (κ1) is 12.2. The Morgan fingerprint density at radius 3 is 2.27 bits per heavy atom. The molecule has 3 nitrogen and oxygen atoms in total. The number of aliphatic hydroxyl groups is 1. The number of hydrogen-bond acceptors (Lipinski definition) is 3. The molecule has 3 heteroatoms. The largest absolute Gasteiger partial charge is 0.386 e. The van der Waals surface area contributed by atoms with E-state index < -0.39 is 6.10 Å². The lowest BCUT2D eigenvalue weighted by molar-refractivity contribution is 0.0359. The van der Waals surface area contributed by atoms with Gasteiger partial charge in [-0.25, -0.2) is 5.90 Å². The Morgan fingerprint density at radius 1 is 1.27 bits per heavy atom. The second kappa shape index (κ2) is 5.85. The smallest absolute Gasteiger partial charge is 0.104 e. The molecule has 0 amide bonds. The van der Waals surface area contributed by atoms with E-state index in [-0.39, 0.29) is 6.61 Å². The highest BCUT2D eigenvalue weighted by Crippen LogP contribution is 2.21. The van der Waals surface area contributed by atoms with E-state index in [9.17, 15) is 5.11 Å². The van der Waals surface area contributed by atoms with Crippen molar-refractivity contribution in [3.05, 3.63) is 35.4 Å². The molecule has 0 aromatic heterocycles. The summed E-state index contributed by atoms with van der Waals surface area (Å²) in [5, 5.41) is 9.60. The molecular weight excluding hydrogens is 190 g/mol. The molecule has 0 saturated heterocycles. The fourth-order valence-corrected chi connectivity index (χ4v) is 1.47. The second-order valence-corrected chi connectivity index (χ2v) is 3.83. The minimum Gasteiger partial charge on any atom is -0.386 e. The Kier molecular flexibility index (Phi) is 4.75. The van der Waals surface area contributed by atoms with Crippen molar-refractivity contribution in [2.75, 3.05) is 6.61 Å². The summed E-state index contributed by atoms with van der Waals surface area (Å²) in [7, 11) is 0. The van der Waals surface area contributed by atoms with Gasteiger partial charge in [0.1, 0.15) is 6.10 Å². The van der Waals surface area contributed by atoms with Gasteiger partial charge in [0.05, 0.1) is 6.61 Å². The average Bonchev–Trinajstić information content (AvgIpc) is 2.28. The van der Waals surface area contributed by atoms with Crippen molar-refractivity contribution in [1.82, 2.24) is 0 Å². The van der Waals surface area contributed by atoms with Gasteiger partial charge in [-0.05, 0) is 23.5 Å². The lowest BCUT2D eigenvalue weighted by atomic mass is 9.97. The summed E-state index contributed by atoms with van der Waals surface area (Å²) >= 11 is 0. The normalized spacial score (nSPS) is 14.9. The SMILES string of the molecule is CCC(C)c1ccc(C(O)CON)cc1. The van der Waals surface area contributed by atoms with Gasteiger partial charge in [0.2, 0.25) is 0 Å². The van der Waals surface area contributed by atoms with Crippen molar-refractivity contribution in [2.24, 2.45) is 5.90 Å². The van der Waals surface area contributed by atoms with Crippen LogP contribution in [0.25, 0.3) is 0 Å². The van der Waals surface area contributed by atoms with Crippen LogP contribution in [0.4, 0.5) is 0 Å². The number of rotatable bonds is 5. The second-order valence-electron chi connectivity index (χ2n) is 3.83. The third kappa shape index (κ3) is 3.30. The highest BCUT2D eigenvalue weighted by atomic mass is 16.6. The first-order valence-electron chi connectivity index (χ1n) is 5.28. The van der Waals surface area contributed by atoms with Gasteiger partial charge < -0.3 is 9.94 Å². The summed E-state index contributed by atoms with van der Waals surface area (Å²) in [6.07, 6.45) is 0.481. The van der Waals surface area contributed by atoms with Crippen molar-refractivity contribution in [2.45, 2.75) is 32.3 Å². The quantitative estimate of drug-likeness (QED) is 0.730. The highest BCUT2D eigenvalue weighted by Gasteiger charge is 2.08. The van der Waals surface area contributed by atoms with Gasteiger partial charge in [-0.15, -0.1) is 0 Å². The summed E-state index contributed by atoms with van der Waals surface area (Å²) < 4.78 is 0. The number of nitrogens with two attached hydrogens (primary N) is 1. The maximum Gasteiger partial charge on any atom is 0.104 e. The first-order valence-corrected chi connectivity index (χ1v) is 5.28. The maximum atomic E-state index is 9.60. The van der Waals surface area contributed by atoms with Crippen LogP contribution in [0, 0.1) is 0 Å². The fourth-order valence-electron chi connectivity index (χ4n) is 1.47. The van der Waals surface area contributed by atoms with Crippen LogP contribution >= 0.6 is 0 Å². The number of aliphatic hydroxyl groups excluding tert-OH is 1. The van der Waals surface area contributed by atoms with Crippen molar-refractivity contribution in [3.63, 3.8) is 0 Å². The summed E-state index contributed by atoms with van der Waals surface area (Å²) in [4.78, 5) is 4.41. The molecule has 0 heterocycles. The van der Waals surface area contributed by atoms with Crippen LogP contribution in [0.15, 0.2) is 24.3 Å². The van der Waals surface area contributed by atoms with E-state index >= 15 is 0 Å². The van der Waals surface area contributed by atoms with Gasteiger partial charge >= 0.3 is 0 Å². The molecule has 15 heavy (non-hydrogen) atoms. The highest BCUT2D eigenvalue weighted by molar-refractivity contribution is 5.26. The summed E-state index contributed by atoms with van der Waals surface area (Å²) in [6.45, 7) is 4.48. The Balaban J connectivity index is 2.71. The number of benzene rings is 1. The van der Waals surface area contributed by atoms with E-state index in [1.807, 2.05) is 24.3 Å². The predicted octanol–water partition coefficient (Wildman–Crippen LogP) is 2.12. The van der Waals surface area contributed by atoms with Crippen molar-refractivity contribution < 1.29 is 9.94 Å². The van der Waals surface area contributed by atoms with Crippen LogP contribution < -0.4 is 5.90 Å². The summed E-state index contributed by atoms with van der Waals surface area (Å²) in [6, 6.07) is 7.93. The third-order valence-electron chi connectivity index (χ3n) is 2.76. The topological polar surface area (TPSA) is 55.5 Å². The van der Waals surface area contributed by atoms with Crippen LogP contribution in [-0.2, 0) is 4.84 Å². The molecule has 2 atom stereocenters. The zero-order valence-corrected chi connectivity index (χ0v) is 9.31.